The minimum Gasteiger partial charge on any atom is -0.358 e. The number of rotatable bonds is 4. The Kier molecular flexibility index (Phi) is 2.63. The van der Waals surface area contributed by atoms with Crippen LogP contribution in [0, 0.1) is 5.92 Å². The number of hydrogen-bond donors (Lipinski definition) is 1. The van der Waals surface area contributed by atoms with E-state index in [9.17, 15) is 0 Å². The van der Waals surface area contributed by atoms with Gasteiger partial charge in [0.1, 0.15) is 0 Å². The summed E-state index contributed by atoms with van der Waals surface area (Å²) >= 11 is 0. The SMILES string of the molecule is CN(CC1CC1)c1ccc(CN)nn1. The lowest BCUT2D eigenvalue weighted by Gasteiger charge is -2.16. The van der Waals surface area contributed by atoms with Crippen molar-refractivity contribution in [3.8, 4) is 0 Å². The quantitative estimate of drug-likeness (QED) is 0.766. The van der Waals surface area contributed by atoms with Gasteiger partial charge in [-0.1, -0.05) is 0 Å². The van der Waals surface area contributed by atoms with E-state index in [1.807, 2.05) is 12.1 Å². The van der Waals surface area contributed by atoms with Gasteiger partial charge in [-0.2, -0.15) is 5.10 Å². The molecule has 76 valence electrons. The smallest absolute Gasteiger partial charge is 0.150 e. The molecular formula is C10H16N4. The van der Waals surface area contributed by atoms with Gasteiger partial charge in [0.05, 0.1) is 5.69 Å². The molecule has 0 aliphatic heterocycles. The Morgan fingerprint density at radius 2 is 2.21 bits per heavy atom. The third kappa shape index (κ3) is 2.20. The monoisotopic (exact) mass is 192 g/mol. The van der Waals surface area contributed by atoms with E-state index in [-0.39, 0.29) is 0 Å². The molecule has 1 aliphatic rings. The number of anilines is 1. The molecule has 0 amide bonds. The fourth-order valence-electron chi connectivity index (χ4n) is 1.45. The largest absolute Gasteiger partial charge is 0.358 e. The summed E-state index contributed by atoms with van der Waals surface area (Å²) < 4.78 is 0. The summed E-state index contributed by atoms with van der Waals surface area (Å²) in [7, 11) is 2.06. The summed E-state index contributed by atoms with van der Waals surface area (Å²) in [6, 6.07) is 3.92. The topological polar surface area (TPSA) is 55.0 Å². The van der Waals surface area contributed by atoms with E-state index in [0.717, 1.165) is 24.0 Å². The van der Waals surface area contributed by atoms with Crippen LogP contribution < -0.4 is 10.6 Å². The maximum atomic E-state index is 5.45. The molecule has 14 heavy (non-hydrogen) atoms. The van der Waals surface area contributed by atoms with Crippen LogP contribution in [0.2, 0.25) is 0 Å². The first-order chi connectivity index (χ1) is 6.79. The maximum absolute atomic E-state index is 5.45. The second-order valence-electron chi connectivity index (χ2n) is 3.91. The van der Waals surface area contributed by atoms with Crippen LogP contribution in [0.1, 0.15) is 18.5 Å². The van der Waals surface area contributed by atoms with Gasteiger partial charge in [-0.25, -0.2) is 0 Å². The lowest BCUT2D eigenvalue weighted by molar-refractivity contribution is 0.762. The van der Waals surface area contributed by atoms with E-state index in [1.54, 1.807) is 0 Å². The molecule has 1 aliphatic carbocycles. The molecule has 0 atom stereocenters. The van der Waals surface area contributed by atoms with Crippen LogP contribution in [0.4, 0.5) is 5.82 Å². The number of nitrogens with two attached hydrogens (primary N) is 1. The van der Waals surface area contributed by atoms with Crippen molar-refractivity contribution in [2.75, 3.05) is 18.5 Å². The minimum atomic E-state index is 0.458. The van der Waals surface area contributed by atoms with E-state index in [0.29, 0.717) is 6.54 Å². The van der Waals surface area contributed by atoms with Crippen LogP contribution in [0.5, 0.6) is 0 Å². The summed E-state index contributed by atoms with van der Waals surface area (Å²) in [5.74, 6) is 1.81. The summed E-state index contributed by atoms with van der Waals surface area (Å²) in [5.41, 5.74) is 6.29. The molecule has 4 heteroatoms. The van der Waals surface area contributed by atoms with Crippen LogP contribution in [-0.2, 0) is 6.54 Å². The number of aromatic nitrogens is 2. The van der Waals surface area contributed by atoms with Gasteiger partial charge in [0.25, 0.3) is 0 Å². The summed E-state index contributed by atoms with van der Waals surface area (Å²) in [6.07, 6.45) is 2.72. The fraction of sp³-hybridized carbons (Fsp3) is 0.600. The van der Waals surface area contributed by atoms with Crippen molar-refractivity contribution in [1.82, 2.24) is 10.2 Å². The van der Waals surface area contributed by atoms with Gasteiger partial charge in [-0.3, -0.25) is 0 Å². The van der Waals surface area contributed by atoms with Crippen molar-refractivity contribution in [1.29, 1.82) is 0 Å². The molecule has 0 saturated heterocycles. The van der Waals surface area contributed by atoms with Crippen LogP contribution in [-0.4, -0.2) is 23.8 Å². The predicted molar refractivity (Wildman–Crippen MR) is 55.9 cm³/mol. The van der Waals surface area contributed by atoms with E-state index < -0.39 is 0 Å². The molecule has 0 bridgehead atoms. The van der Waals surface area contributed by atoms with E-state index in [1.165, 1.54) is 12.8 Å². The van der Waals surface area contributed by atoms with E-state index >= 15 is 0 Å². The Labute approximate surface area is 84.1 Å². The van der Waals surface area contributed by atoms with Gasteiger partial charge in [-0.05, 0) is 30.9 Å². The molecule has 1 aromatic heterocycles. The first-order valence-electron chi connectivity index (χ1n) is 5.03. The van der Waals surface area contributed by atoms with Crippen molar-refractivity contribution >= 4 is 5.82 Å². The van der Waals surface area contributed by atoms with Crippen molar-refractivity contribution in [2.45, 2.75) is 19.4 Å². The Bertz CT molecular complexity index is 291. The second-order valence-corrected chi connectivity index (χ2v) is 3.91. The summed E-state index contributed by atoms with van der Waals surface area (Å²) in [5, 5.41) is 8.16. The highest BCUT2D eigenvalue weighted by Crippen LogP contribution is 2.30. The molecule has 0 unspecified atom stereocenters. The van der Waals surface area contributed by atoms with Crippen molar-refractivity contribution < 1.29 is 0 Å². The first kappa shape index (κ1) is 9.40. The molecule has 2 N–H and O–H groups in total. The standard InChI is InChI=1S/C10H16N4/c1-14(7-8-2-3-8)10-5-4-9(6-11)12-13-10/h4-5,8H,2-3,6-7,11H2,1H3. The Hall–Kier alpha value is -1.16. The van der Waals surface area contributed by atoms with Gasteiger partial charge in [0, 0.05) is 20.1 Å². The normalized spacial score (nSPS) is 15.6. The van der Waals surface area contributed by atoms with Gasteiger partial charge in [0.2, 0.25) is 0 Å². The average Bonchev–Trinajstić information content (AvgIpc) is 3.02. The van der Waals surface area contributed by atoms with Crippen LogP contribution in [0.3, 0.4) is 0 Å². The van der Waals surface area contributed by atoms with Gasteiger partial charge in [0.15, 0.2) is 5.82 Å². The third-order valence-corrected chi connectivity index (χ3v) is 2.53. The van der Waals surface area contributed by atoms with Crippen LogP contribution in [0.15, 0.2) is 12.1 Å². The Morgan fingerprint density at radius 1 is 1.43 bits per heavy atom. The van der Waals surface area contributed by atoms with Crippen molar-refractivity contribution in [3.05, 3.63) is 17.8 Å². The lowest BCUT2D eigenvalue weighted by atomic mass is 10.3. The van der Waals surface area contributed by atoms with E-state index in [2.05, 4.69) is 22.1 Å². The predicted octanol–water partition coefficient (Wildman–Crippen LogP) is 0.781. The zero-order valence-electron chi connectivity index (χ0n) is 8.48. The molecular weight excluding hydrogens is 176 g/mol. The van der Waals surface area contributed by atoms with Crippen molar-refractivity contribution in [3.63, 3.8) is 0 Å². The zero-order valence-corrected chi connectivity index (χ0v) is 8.48. The highest BCUT2D eigenvalue weighted by atomic mass is 15.2. The zero-order chi connectivity index (χ0) is 9.97. The highest BCUT2D eigenvalue weighted by molar-refractivity contribution is 5.36. The highest BCUT2D eigenvalue weighted by Gasteiger charge is 2.23. The summed E-state index contributed by atoms with van der Waals surface area (Å²) in [4.78, 5) is 2.16. The molecule has 0 aromatic carbocycles. The Balaban J connectivity index is 1.99. The molecule has 1 aromatic rings. The minimum absolute atomic E-state index is 0.458. The number of hydrogen-bond acceptors (Lipinski definition) is 4. The summed E-state index contributed by atoms with van der Waals surface area (Å²) in [6.45, 7) is 1.55. The molecule has 2 rings (SSSR count). The molecule has 0 spiro atoms. The molecule has 1 heterocycles. The molecule has 1 saturated carbocycles. The van der Waals surface area contributed by atoms with Gasteiger partial charge >= 0.3 is 0 Å². The fourth-order valence-corrected chi connectivity index (χ4v) is 1.45. The van der Waals surface area contributed by atoms with E-state index in [4.69, 9.17) is 5.73 Å². The van der Waals surface area contributed by atoms with Crippen LogP contribution in [0.25, 0.3) is 0 Å². The van der Waals surface area contributed by atoms with Crippen molar-refractivity contribution in [2.24, 2.45) is 11.7 Å². The second kappa shape index (κ2) is 3.92. The van der Waals surface area contributed by atoms with Gasteiger partial charge in [-0.15, -0.1) is 5.10 Å². The first-order valence-corrected chi connectivity index (χ1v) is 5.03. The molecule has 4 nitrogen and oxygen atoms in total. The third-order valence-electron chi connectivity index (χ3n) is 2.53. The number of nitrogens with zero attached hydrogens (tertiary/aromatic N) is 3. The van der Waals surface area contributed by atoms with Gasteiger partial charge < -0.3 is 10.6 Å². The molecule has 0 radical (unpaired) electrons. The average molecular weight is 192 g/mol. The van der Waals surface area contributed by atoms with Crippen LogP contribution >= 0.6 is 0 Å². The Morgan fingerprint density at radius 3 is 2.71 bits per heavy atom. The lowest BCUT2D eigenvalue weighted by Crippen LogP contribution is -2.21. The molecule has 1 fully saturated rings. The maximum Gasteiger partial charge on any atom is 0.150 e.